The van der Waals surface area contributed by atoms with Gasteiger partial charge in [0.15, 0.2) is 12.6 Å². The molecular formula is C39H45IN6O7. The van der Waals surface area contributed by atoms with Crippen LogP contribution in [0.1, 0.15) is 79.0 Å². The van der Waals surface area contributed by atoms with E-state index in [1.165, 1.54) is 24.3 Å². The molecule has 0 aliphatic carbocycles. The molecule has 0 bridgehead atoms. The predicted molar refractivity (Wildman–Crippen MR) is 213 cm³/mol. The predicted octanol–water partition coefficient (Wildman–Crippen LogP) is 7.81. The molecule has 4 aromatic heterocycles. The average Bonchev–Trinajstić information content (AvgIpc) is 3.83. The van der Waals surface area contributed by atoms with E-state index in [4.69, 9.17) is 14.9 Å². The lowest BCUT2D eigenvalue weighted by molar-refractivity contribution is 0.110. The zero-order chi connectivity index (χ0) is 36.9. The van der Waals surface area contributed by atoms with Crippen LogP contribution in [0, 0.1) is 0 Å². The summed E-state index contributed by atoms with van der Waals surface area (Å²) >= 11 is 0. The van der Waals surface area contributed by atoms with Crippen LogP contribution in [0.2, 0.25) is 0 Å². The molecular weight excluding hydrogens is 791 g/mol. The number of phenolic OH excluding ortho intramolecular Hbond substituents is 3. The Morgan fingerprint density at radius 3 is 1.55 bits per heavy atom. The summed E-state index contributed by atoms with van der Waals surface area (Å²) in [6, 6.07) is 20.6. The van der Waals surface area contributed by atoms with Gasteiger partial charge in [0.1, 0.15) is 29.6 Å². The fraction of sp³-hybridized carbons (Fsp3) is 0.231. The van der Waals surface area contributed by atoms with E-state index in [9.17, 15) is 19.8 Å². The van der Waals surface area contributed by atoms with Gasteiger partial charge in [-0.3, -0.25) is 28.9 Å². The maximum atomic E-state index is 11.2. The van der Waals surface area contributed by atoms with Gasteiger partial charge in [0.05, 0.1) is 40.5 Å². The molecule has 0 aliphatic heterocycles. The molecule has 0 aliphatic rings. The van der Waals surface area contributed by atoms with Gasteiger partial charge in [0, 0.05) is 48.0 Å². The quantitative estimate of drug-likeness (QED) is 0.0779. The van der Waals surface area contributed by atoms with Crippen LogP contribution in [0.15, 0.2) is 97.6 Å². The van der Waals surface area contributed by atoms with Gasteiger partial charge in [-0.1, -0.05) is 31.7 Å². The fourth-order valence-electron chi connectivity index (χ4n) is 5.00. The number of aliphatic hydroxyl groups is 1. The van der Waals surface area contributed by atoms with E-state index in [1.54, 1.807) is 36.9 Å². The Balaban J connectivity index is 0.000000298. The van der Waals surface area contributed by atoms with Gasteiger partial charge in [-0.05, 0) is 76.2 Å². The molecule has 6 aromatic rings. The normalized spacial score (nSPS) is 10.2. The van der Waals surface area contributed by atoms with E-state index in [2.05, 4.69) is 47.9 Å². The average molecular weight is 837 g/mol. The topological polar surface area (TPSA) is 186 Å². The van der Waals surface area contributed by atoms with Crippen molar-refractivity contribution < 1.29 is 34.8 Å². The molecule has 0 saturated carbocycles. The van der Waals surface area contributed by atoms with Crippen LogP contribution in [0.3, 0.4) is 0 Å². The zero-order valence-corrected chi connectivity index (χ0v) is 31.4. The number of nitrogens with zero attached hydrogens (tertiary/aromatic N) is 6. The Morgan fingerprint density at radius 2 is 1.09 bits per heavy atom. The number of ether oxygens (including phenoxy) is 1. The number of carbonyl (C=O) groups excluding carboxylic acids is 2. The minimum atomic E-state index is -0.199. The molecule has 4 N–H and O–H groups in total. The van der Waals surface area contributed by atoms with E-state index < -0.39 is 0 Å². The Kier molecular flexibility index (Phi) is 17.3. The first-order valence-corrected chi connectivity index (χ1v) is 16.0. The van der Waals surface area contributed by atoms with Gasteiger partial charge < -0.3 is 25.2 Å². The van der Waals surface area contributed by atoms with Crippen LogP contribution >= 0.6 is 24.0 Å². The molecule has 14 heteroatoms. The summed E-state index contributed by atoms with van der Waals surface area (Å²) in [7, 11) is 0. The number of halogens is 1. The Labute approximate surface area is 325 Å². The third-order valence-electron chi connectivity index (χ3n) is 7.48. The molecule has 4 heterocycles. The van der Waals surface area contributed by atoms with Gasteiger partial charge >= 0.3 is 0 Å². The molecule has 0 atom stereocenters. The minimum Gasteiger partial charge on any atom is -0.507 e. The minimum absolute atomic E-state index is 0. The number of aliphatic hydroxyl groups excluding tert-OH is 1. The molecule has 2 aromatic carbocycles. The first kappa shape index (κ1) is 43.6. The summed E-state index contributed by atoms with van der Waals surface area (Å²) in [4.78, 5) is 30.1. The van der Waals surface area contributed by atoms with E-state index in [0.717, 1.165) is 33.9 Å². The second kappa shape index (κ2) is 21.0. The number of hydrogen-bond donors (Lipinski definition) is 4. The Morgan fingerprint density at radius 1 is 0.642 bits per heavy atom. The number of phenols is 3. The largest absolute Gasteiger partial charge is 0.507 e. The lowest BCUT2D eigenvalue weighted by Crippen LogP contribution is -2.08. The van der Waals surface area contributed by atoms with Gasteiger partial charge in [-0.25, -0.2) is 0 Å². The lowest BCUT2D eigenvalue weighted by Gasteiger charge is -2.14. The third-order valence-corrected chi connectivity index (χ3v) is 7.48. The van der Waals surface area contributed by atoms with Crippen molar-refractivity contribution >= 4 is 36.5 Å². The van der Waals surface area contributed by atoms with Crippen LogP contribution < -0.4 is 4.74 Å². The Bertz CT molecular complexity index is 2040. The number of benzene rings is 2. The molecule has 0 amide bonds. The first-order valence-electron chi connectivity index (χ1n) is 16.0. The number of aromatic nitrogens is 6. The first-order chi connectivity index (χ1) is 24.6. The van der Waals surface area contributed by atoms with Gasteiger partial charge in [-0.15, -0.1) is 24.0 Å². The summed E-state index contributed by atoms with van der Waals surface area (Å²) in [5, 5.41) is 45.4. The molecule has 0 fully saturated rings. The highest BCUT2D eigenvalue weighted by molar-refractivity contribution is 14.0. The van der Waals surface area contributed by atoms with Crippen LogP contribution in [0.25, 0.3) is 22.8 Å². The highest BCUT2D eigenvalue weighted by Crippen LogP contribution is 2.29. The molecule has 6 rings (SSSR count). The van der Waals surface area contributed by atoms with E-state index >= 15 is 0 Å². The summed E-state index contributed by atoms with van der Waals surface area (Å²) in [5.74, 6) is -0.163. The number of pyridine rings is 2. The zero-order valence-electron chi connectivity index (χ0n) is 29.1. The van der Waals surface area contributed by atoms with Crippen molar-refractivity contribution in [3.05, 3.63) is 120 Å². The lowest BCUT2D eigenvalue weighted by atomic mass is 10.1. The third kappa shape index (κ3) is 10.9. The van der Waals surface area contributed by atoms with Crippen molar-refractivity contribution in [2.45, 2.75) is 60.4 Å². The molecule has 13 nitrogen and oxygen atoms in total. The molecule has 0 unspecified atom stereocenters. The SMILES string of the molecule is C.CC(C)n1nccc1-c1ncccc1CO.CC(C)n1nccc1-c1ncccc1COc1cccc(O)c1C=O.I.O=Cc1c(O)cccc1O. The van der Waals surface area contributed by atoms with Gasteiger partial charge in [0.2, 0.25) is 0 Å². The fourth-order valence-corrected chi connectivity index (χ4v) is 5.00. The smallest absolute Gasteiger partial charge is 0.157 e. The highest BCUT2D eigenvalue weighted by Gasteiger charge is 2.16. The maximum absolute atomic E-state index is 11.2. The van der Waals surface area contributed by atoms with Crippen LogP contribution in [-0.4, -0.2) is 62.5 Å². The number of aldehydes is 2. The van der Waals surface area contributed by atoms with Crippen molar-refractivity contribution in [1.29, 1.82) is 0 Å². The summed E-state index contributed by atoms with van der Waals surface area (Å²) in [5.41, 5.74) is 5.19. The van der Waals surface area contributed by atoms with Gasteiger partial charge in [0.25, 0.3) is 0 Å². The molecule has 0 spiro atoms. The second-order valence-electron chi connectivity index (χ2n) is 11.6. The molecule has 0 radical (unpaired) electrons. The Hall–Kier alpha value is -5.61. The monoisotopic (exact) mass is 836 g/mol. The number of rotatable bonds is 10. The van der Waals surface area contributed by atoms with Crippen molar-refractivity contribution in [1.82, 2.24) is 29.5 Å². The van der Waals surface area contributed by atoms with Gasteiger partial charge in [-0.2, -0.15) is 10.2 Å². The van der Waals surface area contributed by atoms with E-state index in [-0.39, 0.29) is 85.1 Å². The summed E-state index contributed by atoms with van der Waals surface area (Å²) < 4.78 is 9.58. The van der Waals surface area contributed by atoms with Crippen molar-refractivity contribution in [2.75, 3.05) is 0 Å². The van der Waals surface area contributed by atoms with E-state index in [0.29, 0.717) is 18.3 Å². The van der Waals surface area contributed by atoms with Crippen molar-refractivity contribution in [3.8, 4) is 45.8 Å². The molecule has 0 saturated heterocycles. The highest BCUT2D eigenvalue weighted by atomic mass is 127. The summed E-state index contributed by atoms with van der Waals surface area (Å²) in [6.07, 6.45) is 7.95. The van der Waals surface area contributed by atoms with Crippen LogP contribution in [-0.2, 0) is 13.2 Å². The maximum Gasteiger partial charge on any atom is 0.157 e. The van der Waals surface area contributed by atoms with Crippen LogP contribution in [0.5, 0.6) is 23.0 Å². The van der Waals surface area contributed by atoms with Crippen LogP contribution in [0.4, 0.5) is 0 Å². The number of hydrogen-bond acceptors (Lipinski definition) is 11. The standard InChI is InChI=1S/C19H19N3O3.C12H15N3O.C7H6O3.CH4.HI/c1-13(2)22-16(8-10-21-22)19-14(5-4-9-20-19)12-25-18-7-3-6-17(24)15(18)11-23;1-9(2)15-11(5-7-14-15)12-10(8-16)4-3-6-13-12;8-4-5-6(9)2-1-3-7(5)10;;/h3-11,13,24H,12H2,1-2H3;3-7,9,16H,8H2,1-2H3;1-4,9-10H;1H4;1H. The van der Waals surface area contributed by atoms with Crippen molar-refractivity contribution in [3.63, 3.8) is 0 Å². The summed E-state index contributed by atoms with van der Waals surface area (Å²) in [6.45, 7) is 8.46. The second-order valence-corrected chi connectivity index (χ2v) is 11.6. The number of aromatic hydroxyl groups is 3. The number of carbonyl (C=O) groups is 2. The van der Waals surface area contributed by atoms with Crippen molar-refractivity contribution in [2.24, 2.45) is 0 Å². The van der Waals surface area contributed by atoms with E-state index in [1.807, 2.05) is 45.8 Å². The molecule has 53 heavy (non-hydrogen) atoms. The molecule has 280 valence electrons.